The molecule has 0 aliphatic carbocycles. The summed E-state index contributed by atoms with van der Waals surface area (Å²) >= 11 is 1.52. The van der Waals surface area contributed by atoms with E-state index in [2.05, 4.69) is 34.1 Å². The summed E-state index contributed by atoms with van der Waals surface area (Å²) in [6, 6.07) is 7.88. The highest BCUT2D eigenvalue weighted by Crippen LogP contribution is 2.29. The maximum Gasteiger partial charge on any atom is 0.272 e. The fourth-order valence-corrected chi connectivity index (χ4v) is 3.16. The van der Waals surface area contributed by atoms with Gasteiger partial charge in [0.1, 0.15) is 10.7 Å². The number of nitrogens with zero attached hydrogens (tertiary/aromatic N) is 3. The standard InChI is InChI=1S/C17H18N4OS/c1-11(2)7-8-20-16(22)14-15(19-10-9-18-14)17-21-12-5-3-4-6-13(12)23-17/h3-6,9-11H,7-8H2,1-2H3,(H,20,22). The van der Waals surface area contributed by atoms with Crippen molar-refractivity contribution in [2.45, 2.75) is 20.3 Å². The first-order valence-corrected chi connectivity index (χ1v) is 8.42. The number of hydrogen-bond donors (Lipinski definition) is 1. The largest absolute Gasteiger partial charge is 0.351 e. The van der Waals surface area contributed by atoms with Crippen LogP contribution in [0.15, 0.2) is 36.7 Å². The molecule has 2 aromatic heterocycles. The van der Waals surface area contributed by atoms with Crippen LogP contribution in [0, 0.1) is 5.92 Å². The molecule has 0 saturated heterocycles. The van der Waals surface area contributed by atoms with Crippen LogP contribution in [-0.2, 0) is 0 Å². The monoisotopic (exact) mass is 326 g/mol. The van der Waals surface area contributed by atoms with Crippen molar-refractivity contribution in [1.82, 2.24) is 20.3 Å². The van der Waals surface area contributed by atoms with E-state index in [9.17, 15) is 4.79 Å². The summed E-state index contributed by atoms with van der Waals surface area (Å²) in [6.45, 7) is 4.88. The molecule has 0 bridgehead atoms. The first-order valence-electron chi connectivity index (χ1n) is 7.60. The highest BCUT2D eigenvalue weighted by Gasteiger charge is 2.18. The maximum atomic E-state index is 12.4. The van der Waals surface area contributed by atoms with Crippen LogP contribution in [0.5, 0.6) is 0 Å². The molecule has 0 aliphatic heterocycles. The Morgan fingerprint density at radius 1 is 1.22 bits per heavy atom. The Kier molecular flexibility index (Phi) is 4.62. The van der Waals surface area contributed by atoms with Crippen LogP contribution in [0.1, 0.15) is 30.8 Å². The summed E-state index contributed by atoms with van der Waals surface area (Å²) < 4.78 is 1.07. The summed E-state index contributed by atoms with van der Waals surface area (Å²) in [4.78, 5) is 25.5. The van der Waals surface area contributed by atoms with E-state index in [1.807, 2.05) is 24.3 Å². The van der Waals surface area contributed by atoms with Gasteiger partial charge in [-0.1, -0.05) is 26.0 Å². The van der Waals surface area contributed by atoms with Gasteiger partial charge in [0.25, 0.3) is 5.91 Å². The molecule has 5 nitrogen and oxygen atoms in total. The quantitative estimate of drug-likeness (QED) is 0.779. The number of para-hydroxylation sites is 1. The molecule has 3 aromatic rings. The van der Waals surface area contributed by atoms with Crippen LogP contribution in [0.3, 0.4) is 0 Å². The van der Waals surface area contributed by atoms with Crippen molar-refractivity contribution < 1.29 is 4.79 Å². The van der Waals surface area contributed by atoms with Crippen molar-refractivity contribution in [3.63, 3.8) is 0 Å². The molecule has 0 spiro atoms. The van der Waals surface area contributed by atoms with Gasteiger partial charge in [-0.05, 0) is 24.5 Å². The van der Waals surface area contributed by atoms with Crippen molar-refractivity contribution in [2.24, 2.45) is 5.92 Å². The molecule has 0 atom stereocenters. The van der Waals surface area contributed by atoms with E-state index in [0.717, 1.165) is 16.6 Å². The first-order chi connectivity index (χ1) is 11.1. The third kappa shape index (κ3) is 3.53. The Morgan fingerprint density at radius 2 is 2.00 bits per heavy atom. The highest BCUT2D eigenvalue weighted by atomic mass is 32.1. The second-order valence-electron chi connectivity index (χ2n) is 5.68. The van der Waals surface area contributed by atoms with E-state index < -0.39 is 0 Å². The lowest BCUT2D eigenvalue weighted by atomic mass is 10.1. The van der Waals surface area contributed by atoms with Gasteiger partial charge in [0.05, 0.1) is 10.2 Å². The Bertz CT molecular complexity index is 795. The number of carbonyl (C=O) groups excluding carboxylic acids is 1. The average molecular weight is 326 g/mol. The van der Waals surface area contributed by atoms with Crippen molar-refractivity contribution in [3.05, 3.63) is 42.4 Å². The Labute approximate surface area is 138 Å². The van der Waals surface area contributed by atoms with Crippen LogP contribution in [0.2, 0.25) is 0 Å². The lowest BCUT2D eigenvalue weighted by Gasteiger charge is -2.08. The number of benzene rings is 1. The Balaban J connectivity index is 1.89. The SMILES string of the molecule is CC(C)CCNC(=O)c1nccnc1-c1nc2ccccc2s1. The minimum atomic E-state index is -0.201. The van der Waals surface area contributed by atoms with Crippen LogP contribution < -0.4 is 5.32 Å². The second-order valence-corrected chi connectivity index (χ2v) is 6.71. The summed E-state index contributed by atoms with van der Waals surface area (Å²) in [5.74, 6) is 0.342. The number of amides is 1. The molecule has 0 saturated carbocycles. The third-order valence-corrected chi connectivity index (χ3v) is 4.46. The van der Waals surface area contributed by atoms with Gasteiger partial charge in [0, 0.05) is 18.9 Å². The molecule has 6 heteroatoms. The van der Waals surface area contributed by atoms with Gasteiger partial charge in [-0.3, -0.25) is 4.79 Å². The molecule has 1 amide bonds. The first kappa shape index (κ1) is 15.6. The van der Waals surface area contributed by atoms with Crippen LogP contribution in [0.25, 0.3) is 20.9 Å². The minimum Gasteiger partial charge on any atom is -0.351 e. The van der Waals surface area contributed by atoms with Gasteiger partial charge in [0.2, 0.25) is 0 Å². The van der Waals surface area contributed by atoms with E-state index >= 15 is 0 Å². The normalized spacial score (nSPS) is 11.1. The molecule has 0 fully saturated rings. The third-order valence-electron chi connectivity index (χ3n) is 3.42. The lowest BCUT2D eigenvalue weighted by molar-refractivity contribution is 0.0947. The molecule has 0 radical (unpaired) electrons. The zero-order valence-corrected chi connectivity index (χ0v) is 13.9. The lowest BCUT2D eigenvalue weighted by Crippen LogP contribution is -2.27. The topological polar surface area (TPSA) is 67.8 Å². The smallest absolute Gasteiger partial charge is 0.272 e. The number of hydrogen-bond acceptors (Lipinski definition) is 5. The van der Waals surface area contributed by atoms with Crippen LogP contribution >= 0.6 is 11.3 Å². The number of fused-ring (bicyclic) bond motifs is 1. The molecule has 1 N–H and O–H groups in total. The Morgan fingerprint density at radius 3 is 2.78 bits per heavy atom. The summed E-state index contributed by atoms with van der Waals surface area (Å²) in [7, 11) is 0. The van der Waals surface area contributed by atoms with Gasteiger partial charge in [0.15, 0.2) is 5.69 Å². The zero-order chi connectivity index (χ0) is 16.2. The molecule has 1 aromatic carbocycles. The van der Waals surface area contributed by atoms with E-state index in [-0.39, 0.29) is 5.91 Å². The van der Waals surface area contributed by atoms with Gasteiger partial charge in [-0.2, -0.15) is 0 Å². The number of thiazole rings is 1. The van der Waals surface area contributed by atoms with E-state index in [1.165, 1.54) is 17.5 Å². The maximum absolute atomic E-state index is 12.4. The zero-order valence-electron chi connectivity index (χ0n) is 13.1. The van der Waals surface area contributed by atoms with E-state index in [0.29, 0.717) is 28.9 Å². The second kappa shape index (κ2) is 6.83. The fraction of sp³-hybridized carbons (Fsp3) is 0.294. The predicted octanol–water partition coefficient (Wildman–Crippen LogP) is 3.53. The molecule has 0 aliphatic rings. The van der Waals surface area contributed by atoms with Gasteiger partial charge < -0.3 is 5.32 Å². The summed E-state index contributed by atoms with van der Waals surface area (Å²) in [5.41, 5.74) is 1.77. The molecular formula is C17H18N4OS. The molecular weight excluding hydrogens is 308 g/mol. The molecule has 23 heavy (non-hydrogen) atoms. The molecule has 3 rings (SSSR count). The highest BCUT2D eigenvalue weighted by molar-refractivity contribution is 7.21. The average Bonchev–Trinajstić information content (AvgIpc) is 2.98. The predicted molar refractivity (Wildman–Crippen MR) is 92.4 cm³/mol. The van der Waals surface area contributed by atoms with Crippen molar-refractivity contribution in [3.8, 4) is 10.7 Å². The van der Waals surface area contributed by atoms with Crippen LogP contribution in [-0.4, -0.2) is 27.4 Å². The van der Waals surface area contributed by atoms with Crippen molar-refractivity contribution >= 4 is 27.5 Å². The number of carbonyl (C=O) groups is 1. The van der Waals surface area contributed by atoms with Gasteiger partial charge >= 0.3 is 0 Å². The fourth-order valence-electron chi connectivity index (χ4n) is 2.19. The molecule has 0 unspecified atom stereocenters. The molecule has 118 valence electrons. The molecule has 2 heterocycles. The van der Waals surface area contributed by atoms with Crippen molar-refractivity contribution in [2.75, 3.05) is 6.54 Å². The van der Waals surface area contributed by atoms with Gasteiger partial charge in [-0.15, -0.1) is 11.3 Å². The summed E-state index contributed by atoms with van der Waals surface area (Å²) in [6.07, 6.45) is 4.06. The summed E-state index contributed by atoms with van der Waals surface area (Å²) in [5, 5.41) is 3.63. The van der Waals surface area contributed by atoms with Crippen LogP contribution in [0.4, 0.5) is 0 Å². The minimum absolute atomic E-state index is 0.201. The van der Waals surface area contributed by atoms with Crippen molar-refractivity contribution in [1.29, 1.82) is 0 Å². The van der Waals surface area contributed by atoms with E-state index in [4.69, 9.17) is 0 Å². The Hall–Kier alpha value is -2.34. The van der Waals surface area contributed by atoms with Gasteiger partial charge in [-0.25, -0.2) is 15.0 Å². The number of nitrogens with one attached hydrogen (secondary N) is 1. The number of rotatable bonds is 5. The number of aromatic nitrogens is 3. The van der Waals surface area contributed by atoms with E-state index in [1.54, 1.807) is 6.20 Å².